The summed E-state index contributed by atoms with van der Waals surface area (Å²) in [6.07, 6.45) is 5.63. The molecule has 20 heavy (non-hydrogen) atoms. The molecule has 0 spiro atoms. The van der Waals surface area contributed by atoms with Gasteiger partial charge in [0.2, 0.25) is 10.0 Å². The highest BCUT2D eigenvalue weighted by atomic mass is 35.5. The van der Waals surface area contributed by atoms with Gasteiger partial charge in [-0.2, -0.15) is 4.31 Å². The molecule has 110 valence electrons. The van der Waals surface area contributed by atoms with Crippen molar-refractivity contribution in [1.82, 2.24) is 4.31 Å². The normalized spacial score (nSPS) is 24.8. The van der Waals surface area contributed by atoms with E-state index in [1.165, 1.54) is 19.3 Å². The Labute approximate surface area is 126 Å². The molecule has 0 amide bonds. The number of halogens is 1. The summed E-state index contributed by atoms with van der Waals surface area (Å²) in [6.45, 7) is 0.675. The fraction of sp³-hybridized carbons (Fsp3) is 0.600. The van der Waals surface area contributed by atoms with Crippen LogP contribution in [0.5, 0.6) is 0 Å². The summed E-state index contributed by atoms with van der Waals surface area (Å²) in [5, 5.41) is 0.537. The predicted octanol–water partition coefficient (Wildman–Crippen LogP) is 3.43. The topological polar surface area (TPSA) is 37.4 Å². The smallest absolute Gasteiger partial charge is 0.212 e. The average molecular weight is 314 g/mol. The SMILES string of the molecule is O=S(=O)(Cc1ccccc1Cl)N1CCCC1C1CCC1. The Morgan fingerprint density at radius 1 is 1.15 bits per heavy atom. The third kappa shape index (κ3) is 2.74. The molecule has 1 aromatic rings. The highest BCUT2D eigenvalue weighted by Crippen LogP contribution is 2.39. The van der Waals surface area contributed by atoms with Gasteiger partial charge in [0.25, 0.3) is 0 Å². The Morgan fingerprint density at radius 2 is 1.90 bits per heavy atom. The summed E-state index contributed by atoms with van der Waals surface area (Å²) in [4.78, 5) is 0. The van der Waals surface area contributed by atoms with Crippen LogP contribution in [0, 0.1) is 5.92 Å². The highest BCUT2D eigenvalue weighted by molar-refractivity contribution is 7.88. The van der Waals surface area contributed by atoms with Crippen molar-refractivity contribution < 1.29 is 8.42 Å². The molecule has 1 aliphatic heterocycles. The highest BCUT2D eigenvalue weighted by Gasteiger charge is 2.40. The predicted molar refractivity (Wildman–Crippen MR) is 81.1 cm³/mol. The lowest BCUT2D eigenvalue weighted by molar-refractivity contribution is 0.191. The van der Waals surface area contributed by atoms with Gasteiger partial charge in [0, 0.05) is 17.6 Å². The minimum atomic E-state index is -3.26. The first-order valence-corrected chi connectivity index (χ1v) is 9.29. The number of rotatable bonds is 4. The summed E-state index contributed by atoms with van der Waals surface area (Å²) >= 11 is 6.09. The van der Waals surface area contributed by atoms with E-state index in [-0.39, 0.29) is 11.8 Å². The van der Waals surface area contributed by atoms with Gasteiger partial charge in [-0.15, -0.1) is 0 Å². The molecular formula is C15H20ClNO2S. The fourth-order valence-electron chi connectivity index (χ4n) is 3.30. The maximum Gasteiger partial charge on any atom is 0.218 e. The van der Waals surface area contributed by atoms with Gasteiger partial charge in [0.15, 0.2) is 0 Å². The summed E-state index contributed by atoms with van der Waals surface area (Å²) in [7, 11) is -3.26. The van der Waals surface area contributed by atoms with Crippen molar-refractivity contribution in [3.63, 3.8) is 0 Å². The van der Waals surface area contributed by atoms with Crippen LogP contribution in [0.15, 0.2) is 24.3 Å². The van der Waals surface area contributed by atoms with Crippen LogP contribution in [0.4, 0.5) is 0 Å². The van der Waals surface area contributed by atoms with Gasteiger partial charge >= 0.3 is 0 Å². The van der Waals surface area contributed by atoms with Gasteiger partial charge in [-0.3, -0.25) is 0 Å². The van der Waals surface area contributed by atoms with Gasteiger partial charge in [-0.1, -0.05) is 36.2 Å². The third-order valence-corrected chi connectivity index (χ3v) is 6.81. The molecule has 0 N–H and O–H groups in total. The molecule has 3 nitrogen and oxygen atoms in total. The number of hydrogen-bond acceptors (Lipinski definition) is 2. The molecule has 1 saturated carbocycles. The van der Waals surface area contributed by atoms with Gasteiger partial charge < -0.3 is 0 Å². The van der Waals surface area contributed by atoms with Crippen LogP contribution in [-0.4, -0.2) is 25.3 Å². The van der Waals surface area contributed by atoms with Crippen LogP contribution in [0.25, 0.3) is 0 Å². The van der Waals surface area contributed by atoms with Crippen molar-refractivity contribution in [3.8, 4) is 0 Å². The first-order valence-electron chi connectivity index (χ1n) is 7.31. The van der Waals surface area contributed by atoms with E-state index in [9.17, 15) is 8.42 Å². The quantitative estimate of drug-likeness (QED) is 0.854. The van der Waals surface area contributed by atoms with E-state index in [1.807, 2.05) is 12.1 Å². The van der Waals surface area contributed by atoms with E-state index in [1.54, 1.807) is 16.4 Å². The zero-order valence-electron chi connectivity index (χ0n) is 11.5. The number of sulfonamides is 1. The summed E-state index contributed by atoms with van der Waals surface area (Å²) < 4.78 is 27.1. The van der Waals surface area contributed by atoms with E-state index in [2.05, 4.69) is 0 Å². The lowest BCUT2D eigenvalue weighted by Crippen LogP contribution is -2.42. The molecule has 0 aromatic heterocycles. The number of benzene rings is 1. The van der Waals surface area contributed by atoms with Gasteiger partial charge in [0.05, 0.1) is 5.75 Å². The molecule has 1 saturated heterocycles. The number of nitrogens with zero attached hydrogens (tertiary/aromatic N) is 1. The van der Waals surface area contributed by atoms with E-state index in [0.717, 1.165) is 12.8 Å². The van der Waals surface area contributed by atoms with Crippen molar-refractivity contribution in [3.05, 3.63) is 34.9 Å². The first kappa shape index (κ1) is 14.4. The summed E-state index contributed by atoms with van der Waals surface area (Å²) in [5.41, 5.74) is 0.702. The molecule has 2 fully saturated rings. The molecule has 0 bridgehead atoms. The molecule has 1 heterocycles. The second-order valence-electron chi connectivity index (χ2n) is 5.86. The lowest BCUT2D eigenvalue weighted by Gasteiger charge is -2.36. The zero-order chi connectivity index (χ0) is 14.2. The largest absolute Gasteiger partial charge is 0.218 e. The summed E-state index contributed by atoms with van der Waals surface area (Å²) in [5.74, 6) is 0.606. The van der Waals surface area contributed by atoms with E-state index < -0.39 is 10.0 Å². The third-order valence-electron chi connectivity index (χ3n) is 4.60. The van der Waals surface area contributed by atoms with E-state index >= 15 is 0 Å². The van der Waals surface area contributed by atoms with Gasteiger partial charge in [-0.25, -0.2) is 8.42 Å². The monoisotopic (exact) mass is 313 g/mol. The van der Waals surface area contributed by atoms with Gasteiger partial charge in [0.1, 0.15) is 0 Å². The van der Waals surface area contributed by atoms with Crippen LogP contribution >= 0.6 is 11.6 Å². The standard InChI is InChI=1S/C15H20ClNO2S/c16-14-8-2-1-5-13(14)11-20(18,19)17-10-4-9-15(17)12-6-3-7-12/h1-2,5,8,12,15H,3-4,6-7,9-11H2. The maximum absolute atomic E-state index is 12.7. The Kier molecular flexibility index (Phi) is 4.07. The maximum atomic E-state index is 12.7. The van der Waals surface area contributed by atoms with Crippen molar-refractivity contribution in [2.24, 2.45) is 5.92 Å². The molecule has 0 radical (unpaired) electrons. The van der Waals surface area contributed by atoms with Crippen LogP contribution in [0.1, 0.15) is 37.7 Å². The van der Waals surface area contributed by atoms with Gasteiger partial charge in [-0.05, 0) is 43.2 Å². The average Bonchev–Trinajstić information content (AvgIpc) is 2.79. The van der Waals surface area contributed by atoms with E-state index in [4.69, 9.17) is 11.6 Å². The van der Waals surface area contributed by atoms with Crippen molar-refractivity contribution in [2.45, 2.75) is 43.9 Å². The van der Waals surface area contributed by atoms with Crippen molar-refractivity contribution >= 4 is 21.6 Å². The second-order valence-corrected chi connectivity index (χ2v) is 8.19. The Morgan fingerprint density at radius 3 is 2.55 bits per heavy atom. The molecule has 3 rings (SSSR count). The molecule has 5 heteroatoms. The fourth-order valence-corrected chi connectivity index (χ4v) is 5.49. The Bertz CT molecular complexity index is 583. The molecule has 2 aliphatic rings. The second kappa shape index (κ2) is 5.66. The molecule has 1 aliphatic carbocycles. The Hall–Kier alpha value is -0.580. The Balaban J connectivity index is 1.79. The first-order chi connectivity index (χ1) is 9.58. The van der Waals surface area contributed by atoms with E-state index in [0.29, 0.717) is 23.0 Å². The number of hydrogen-bond donors (Lipinski definition) is 0. The van der Waals surface area contributed by atoms with Crippen molar-refractivity contribution in [1.29, 1.82) is 0 Å². The summed E-state index contributed by atoms with van der Waals surface area (Å²) in [6, 6.07) is 7.44. The van der Waals surface area contributed by atoms with Crippen LogP contribution < -0.4 is 0 Å². The van der Waals surface area contributed by atoms with Crippen LogP contribution in [0.3, 0.4) is 0 Å². The molecular weight excluding hydrogens is 294 g/mol. The lowest BCUT2D eigenvalue weighted by atomic mass is 9.79. The molecule has 1 unspecified atom stereocenters. The minimum absolute atomic E-state index is 0.0237. The van der Waals surface area contributed by atoms with Crippen LogP contribution in [0.2, 0.25) is 5.02 Å². The minimum Gasteiger partial charge on any atom is -0.212 e. The van der Waals surface area contributed by atoms with Crippen LogP contribution in [-0.2, 0) is 15.8 Å². The molecule has 1 aromatic carbocycles. The van der Waals surface area contributed by atoms with Crippen molar-refractivity contribution in [2.75, 3.05) is 6.54 Å². The molecule has 1 atom stereocenters. The zero-order valence-corrected chi connectivity index (χ0v) is 13.0.